The summed E-state index contributed by atoms with van der Waals surface area (Å²) in [5.41, 5.74) is 2.96. The van der Waals surface area contributed by atoms with E-state index in [2.05, 4.69) is 15.9 Å². The first-order chi connectivity index (χ1) is 9.93. The highest BCUT2D eigenvalue weighted by Gasteiger charge is 2.32. The molecule has 0 spiro atoms. The van der Waals surface area contributed by atoms with Crippen molar-refractivity contribution in [1.82, 2.24) is 0 Å². The third kappa shape index (κ3) is 3.35. The highest BCUT2D eigenvalue weighted by atomic mass is 79.9. The fraction of sp³-hybridized carbons (Fsp3) is 0.375. The van der Waals surface area contributed by atoms with Crippen LogP contribution in [0.25, 0.3) is 4.48 Å². The summed E-state index contributed by atoms with van der Waals surface area (Å²) in [5.74, 6) is 0.423. The molecule has 0 radical (unpaired) electrons. The van der Waals surface area contributed by atoms with Gasteiger partial charge in [-0.15, -0.1) is 0 Å². The molecular weight excluding hydrogens is 336 g/mol. The molecule has 1 unspecified atom stereocenters. The molecule has 0 aromatic heterocycles. The molecule has 0 aliphatic heterocycles. The van der Waals surface area contributed by atoms with Crippen molar-refractivity contribution in [2.75, 3.05) is 13.7 Å². The molecule has 0 fully saturated rings. The molecule has 5 heteroatoms. The smallest absolute Gasteiger partial charge is 0.302 e. The van der Waals surface area contributed by atoms with Crippen LogP contribution in [0.4, 0.5) is 0 Å². The second kappa shape index (κ2) is 6.43. The number of Topliss-reactive ketones (excluding diaryl/α,β-unsaturated/α-hetero) is 1. The Hall–Kier alpha value is -1.62. The van der Waals surface area contributed by atoms with Crippen molar-refractivity contribution >= 4 is 32.2 Å². The lowest BCUT2D eigenvalue weighted by atomic mass is 9.91. The number of carbonyl (C=O) groups excluding carboxylic acids is 2. The van der Waals surface area contributed by atoms with Gasteiger partial charge in [-0.3, -0.25) is 9.59 Å². The highest BCUT2D eigenvalue weighted by molar-refractivity contribution is 9.15. The van der Waals surface area contributed by atoms with E-state index in [0.717, 1.165) is 26.9 Å². The molecule has 0 heterocycles. The standard InChI is InChI=1S/C16H17BrO4/c1-9(18)6-13-14-7-11(20-3)4-5-12(14)16(17)15(13)8-21-10(2)19/h4-5,7,13H,6,8H2,1-3H3. The zero-order valence-corrected chi connectivity index (χ0v) is 13.8. The quantitative estimate of drug-likeness (QED) is 0.761. The van der Waals surface area contributed by atoms with Gasteiger partial charge < -0.3 is 9.47 Å². The zero-order chi connectivity index (χ0) is 15.6. The molecular formula is C16H17BrO4. The molecule has 1 aromatic carbocycles. The number of methoxy groups -OCH3 is 1. The number of rotatable bonds is 5. The minimum Gasteiger partial charge on any atom is -0.497 e. The lowest BCUT2D eigenvalue weighted by Crippen LogP contribution is -2.11. The minimum atomic E-state index is -0.335. The minimum absolute atomic E-state index is 0.0821. The van der Waals surface area contributed by atoms with E-state index in [1.807, 2.05) is 18.2 Å². The van der Waals surface area contributed by atoms with Gasteiger partial charge in [0.25, 0.3) is 0 Å². The Labute approximate surface area is 132 Å². The number of hydrogen-bond acceptors (Lipinski definition) is 4. The molecule has 1 atom stereocenters. The lowest BCUT2D eigenvalue weighted by Gasteiger charge is -2.15. The summed E-state index contributed by atoms with van der Waals surface area (Å²) in [6.45, 7) is 3.12. The van der Waals surface area contributed by atoms with Crippen LogP contribution in [0, 0.1) is 0 Å². The van der Waals surface area contributed by atoms with Crippen LogP contribution in [0.15, 0.2) is 23.8 Å². The van der Waals surface area contributed by atoms with E-state index in [9.17, 15) is 9.59 Å². The normalized spacial score (nSPS) is 16.7. The van der Waals surface area contributed by atoms with E-state index in [0.29, 0.717) is 6.42 Å². The summed E-state index contributed by atoms with van der Waals surface area (Å²) in [6, 6.07) is 5.76. The maximum absolute atomic E-state index is 11.6. The molecule has 21 heavy (non-hydrogen) atoms. The Morgan fingerprint density at radius 1 is 1.29 bits per heavy atom. The van der Waals surface area contributed by atoms with E-state index in [-0.39, 0.29) is 24.3 Å². The van der Waals surface area contributed by atoms with Gasteiger partial charge >= 0.3 is 5.97 Å². The average Bonchev–Trinajstić information content (AvgIpc) is 2.68. The van der Waals surface area contributed by atoms with Gasteiger partial charge in [0.05, 0.1) is 7.11 Å². The first kappa shape index (κ1) is 15.8. The number of carbonyl (C=O) groups is 2. The number of esters is 1. The van der Waals surface area contributed by atoms with Gasteiger partial charge in [0.2, 0.25) is 0 Å². The zero-order valence-electron chi connectivity index (χ0n) is 12.2. The van der Waals surface area contributed by atoms with Gasteiger partial charge in [-0.2, -0.15) is 0 Å². The van der Waals surface area contributed by atoms with Crippen LogP contribution < -0.4 is 4.74 Å². The van der Waals surface area contributed by atoms with Crippen LogP contribution >= 0.6 is 15.9 Å². The summed E-state index contributed by atoms with van der Waals surface area (Å²) in [5, 5.41) is 0. The van der Waals surface area contributed by atoms with Gasteiger partial charge in [-0.25, -0.2) is 0 Å². The third-order valence-corrected chi connectivity index (χ3v) is 4.43. The molecule has 0 bridgehead atoms. The molecule has 0 saturated heterocycles. The predicted molar refractivity (Wildman–Crippen MR) is 83.5 cm³/mol. The van der Waals surface area contributed by atoms with Crippen molar-refractivity contribution in [1.29, 1.82) is 0 Å². The molecule has 4 nitrogen and oxygen atoms in total. The summed E-state index contributed by atoms with van der Waals surface area (Å²) in [7, 11) is 1.61. The van der Waals surface area contributed by atoms with E-state index in [1.165, 1.54) is 6.92 Å². The van der Waals surface area contributed by atoms with Crippen molar-refractivity contribution < 1.29 is 19.1 Å². The van der Waals surface area contributed by atoms with E-state index in [4.69, 9.17) is 9.47 Å². The molecule has 1 aliphatic carbocycles. The largest absolute Gasteiger partial charge is 0.497 e. The summed E-state index contributed by atoms with van der Waals surface area (Å²) in [6.07, 6.45) is 0.381. The fourth-order valence-electron chi connectivity index (χ4n) is 2.53. The summed E-state index contributed by atoms with van der Waals surface area (Å²) in [4.78, 5) is 22.6. The van der Waals surface area contributed by atoms with Gasteiger partial charge in [-0.1, -0.05) is 15.9 Å². The fourth-order valence-corrected chi connectivity index (χ4v) is 3.29. The first-order valence-corrected chi connectivity index (χ1v) is 7.43. The van der Waals surface area contributed by atoms with Crippen LogP contribution in [0.1, 0.15) is 37.3 Å². The second-order valence-corrected chi connectivity index (χ2v) is 5.82. The van der Waals surface area contributed by atoms with Crippen molar-refractivity contribution in [3.8, 4) is 5.75 Å². The van der Waals surface area contributed by atoms with E-state index < -0.39 is 0 Å². The van der Waals surface area contributed by atoms with Gasteiger partial charge in [-0.05, 0) is 41.8 Å². The topological polar surface area (TPSA) is 52.6 Å². The molecule has 1 aliphatic rings. The summed E-state index contributed by atoms with van der Waals surface area (Å²) >= 11 is 3.57. The first-order valence-electron chi connectivity index (χ1n) is 6.63. The van der Waals surface area contributed by atoms with Crippen LogP contribution in [0.3, 0.4) is 0 Å². The van der Waals surface area contributed by atoms with E-state index in [1.54, 1.807) is 14.0 Å². The Balaban J connectivity index is 2.41. The number of fused-ring (bicyclic) bond motifs is 1. The van der Waals surface area contributed by atoms with Crippen molar-refractivity contribution in [3.05, 3.63) is 34.9 Å². The van der Waals surface area contributed by atoms with Crippen LogP contribution in [-0.4, -0.2) is 25.5 Å². The van der Waals surface area contributed by atoms with Gasteiger partial charge in [0.15, 0.2) is 0 Å². The molecule has 1 aromatic rings. The lowest BCUT2D eigenvalue weighted by molar-refractivity contribution is -0.140. The third-order valence-electron chi connectivity index (χ3n) is 3.50. The second-order valence-electron chi connectivity index (χ2n) is 5.03. The molecule has 0 amide bonds. The Bertz CT molecular complexity index is 619. The number of benzene rings is 1. The monoisotopic (exact) mass is 352 g/mol. The van der Waals surface area contributed by atoms with Crippen molar-refractivity contribution in [3.63, 3.8) is 0 Å². The van der Waals surface area contributed by atoms with Crippen molar-refractivity contribution in [2.45, 2.75) is 26.2 Å². The summed E-state index contributed by atoms with van der Waals surface area (Å²) < 4.78 is 11.3. The van der Waals surface area contributed by atoms with Crippen LogP contribution in [-0.2, 0) is 14.3 Å². The molecule has 0 N–H and O–H groups in total. The Morgan fingerprint density at radius 3 is 2.57 bits per heavy atom. The predicted octanol–water partition coefficient (Wildman–Crippen LogP) is 3.44. The molecule has 2 rings (SSSR count). The van der Waals surface area contributed by atoms with Crippen LogP contribution in [0.2, 0.25) is 0 Å². The number of hydrogen-bond donors (Lipinski definition) is 0. The maximum atomic E-state index is 11.6. The average molecular weight is 353 g/mol. The number of ketones is 1. The SMILES string of the molecule is COc1ccc2c(c1)C(CC(C)=O)C(COC(C)=O)=C2Br. The Morgan fingerprint density at radius 2 is 2.00 bits per heavy atom. The van der Waals surface area contributed by atoms with Gasteiger partial charge in [0, 0.05) is 23.7 Å². The number of ether oxygens (including phenoxy) is 2. The molecule has 0 saturated carbocycles. The molecule has 112 valence electrons. The number of halogens is 1. The van der Waals surface area contributed by atoms with Crippen LogP contribution in [0.5, 0.6) is 5.75 Å². The Kier molecular flexibility index (Phi) is 4.83. The van der Waals surface area contributed by atoms with E-state index >= 15 is 0 Å². The highest BCUT2D eigenvalue weighted by Crippen LogP contribution is 2.47. The van der Waals surface area contributed by atoms with Crippen molar-refractivity contribution in [2.24, 2.45) is 0 Å². The van der Waals surface area contributed by atoms with Gasteiger partial charge in [0.1, 0.15) is 18.1 Å². The maximum Gasteiger partial charge on any atom is 0.302 e.